The van der Waals surface area contributed by atoms with Crippen LogP contribution in [-0.2, 0) is 0 Å². The summed E-state index contributed by atoms with van der Waals surface area (Å²) in [6.07, 6.45) is 7.44. The minimum absolute atomic E-state index is 0.461. The van der Waals surface area contributed by atoms with Crippen molar-refractivity contribution in [3.8, 4) is 0 Å². The Labute approximate surface area is 101 Å². The van der Waals surface area contributed by atoms with Crippen molar-refractivity contribution in [2.75, 3.05) is 17.3 Å². The van der Waals surface area contributed by atoms with Crippen LogP contribution >= 0.6 is 0 Å². The third kappa shape index (κ3) is 2.20. The third-order valence-corrected chi connectivity index (χ3v) is 4.21. The molecule has 2 aliphatic rings. The molecule has 2 fully saturated rings. The van der Waals surface area contributed by atoms with Crippen molar-refractivity contribution in [1.29, 1.82) is 0 Å². The molecule has 0 amide bonds. The lowest BCUT2D eigenvalue weighted by atomic mass is 9.89. The number of hydrazine groups is 1. The number of nitrogens with two attached hydrogens (primary N) is 1. The Hall–Kier alpha value is -1.36. The van der Waals surface area contributed by atoms with E-state index in [4.69, 9.17) is 5.84 Å². The number of nitrogens with one attached hydrogen (secondary N) is 2. The number of hydrogen-bond donors (Lipinski definition) is 3. The largest absolute Gasteiger partial charge is 0.370 e. The summed E-state index contributed by atoms with van der Waals surface area (Å²) in [4.78, 5) is 8.24. The lowest BCUT2D eigenvalue weighted by molar-refractivity contribution is 0.348. The van der Waals surface area contributed by atoms with Crippen molar-refractivity contribution >= 4 is 11.8 Å². The highest BCUT2D eigenvalue weighted by Gasteiger charge is 2.39. The van der Waals surface area contributed by atoms with E-state index in [9.17, 15) is 0 Å². The van der Waals surface area contributed by atoms with Gasteiger partial charge in [0.15, 0.2) is 0 Å². The molecule has 0 spiro atoms. The molecule has 2 bridgehead atoms. The van der Waals surface area contributed by atoms with Gasteiger partial charge in [0.2, 0.25) is 5.95 Å². The number of anilines is 2. The van der Waals surface area contributed by atoms with Crippen LogP contribution in [0.1, 0.15) is 25.7 Å². The summed E-state index contributed by atoms with van der Waals surface area (Å²) in [7, 11) is 0. The summed E-state index contributed by atoms with van der Waals surface area (Å²) in [6.45, 7) is 1.03. The van der Waals surface area contributed by atoms with E-state index < -0.39 is 0 Å². The first-order valence-corrected chi connectivity index (χ1v) is 6.38. The number of rotatable bonds is 4. The second kappa shape index (κ2) is 4.49. The molecule has 1 heterocycles. The van der Waals surface area contributed by atoms with E-state index in [1.54, 1.807) is 6.20 Å². The molecule has 0 radical (unpaired) electrons. The fraction of sp³-hybridized carbons (Fsp3) is 0.667. The van der Waals surface area contributed by atoms with Crippen LogP contribution in [0.2, 0.25) is 0 Å². The van der Waals surface area contributed by atoms with Crippen molar-refractivity contribution in [1.82, 2.24) is 9.97 Å². The first-order valence-electron chi connectivity index (χ1n) is 6.38. The number of nitrogen functional groups attached to an aromatic ring is 1. The normalized spacial score (nSPS) is 30.5. The molecule has 1 aromatic heterocycles. The summed E-state index contributed by atoms with van der Waals surface area (Å²) >= 11 is 0. The summed E-state index contributed by atoms with van der Waals surface area (Å²) < 4.78 is 0. The first-order chi connectivity index (χ1) is 8.35. The zero-order valence-corrected chi connectivity index (χ0v) is 9.89. The summed E-state index contributed by atoms with van der Waals surface area (Å²) in [5, 5.41) is 3.40. The van der Waals surface area contributed by atoms with Crippen molar-refractivity contribution < 1.29 is 0 Å². The van der Waals surface area contributed by atoms with Crippen LogP contribution in [0.3, 0.4) is 0 Å². The van der Waals surface area contributed by atoms with Gasteiger partial charge in [0.25, 0.3) is 0 Å². The zero-order chi connectivity index (χ0) is 11.7. The third-order valence-electron chi connectivity index (χ3n) is 4.21. The van der Waals surface area contributed by atoms with E-state index in [1.165, 1.54) is 25.7 Å². The average molecular weight is 233 g/mol. The molecule has 3 unspecified atom stereocenters. The number of aromatic nitrogens is 2. The first kappa shape index (κ1) is 10.8. The van der Waals surface area contributed by atoms with Crippen LogP contribution in [-0.4, -0.2) is 16.5 Å². The molecule has 5 heteroatoms. The highest BCUT2D eigenvalue weighted by molar-refractivity contribution is 5.38. The lowest BCUT2D eigenvalue weighted by Crippen LogP contribution is -2.21. The SMILES string of the molecule is NNc1nccc(NCC2CC3CCC2C3)n1. The van der Waals surface area contributed by atoms with Gasteiger partial charge in [-0.15, -0.1) is 0 Å². The standard InChI is InChI=1S/C12H19N5/c13-17-12-14-4-3-11(16-12)15-7-10-6-8-1-2-9(10)5-8/h3-4,8-10H,1-2,5-7,13H2,(H2,14,15,16,17). The predicted molar refractivity (Wildman–Crippen MR) is 67.3 cm³/mol. The van der Waals surface area contributed by atoms with E-state index in [2.05, 4.69) is 20.7 Å². The van der Waals surface area contributed by atoms with Crippen molar-refractivity contribution in [2.45, 2.75) is 25.7 Å². The molecule has 0 aliphatic heterocycles. The molecular weight excluding hydrogens is 214 g/mol. The van der Waals surface area contributed by atoms with Crippen LogP contribution in [0, 0.1) is 17.8 Å². The van der Waals surface area contributed by atoms with Gasteiger partial charge in [0.05, 0.1) is 0 Å². The quantitative estimate of drug-likeness (QED) is 0.544. The van der Waals surface area contributed by atoms with Crippen LogP contribution in [0.4, 0.5) is 11.8 Å². The molecule has 3 rings (SSSR count). The Morgan fingerprint density at radius 3 is 3.00 bits per heavy atom. The van der Waals surface area contributed by atoms with Gasteiger partial charge in [-0.3, -0.25) is 5.43 Å². The molecule has 3 atom stereocenters. The van der Waals surface area contributed by atoms with Crippen molar-refractivity contribution in [2.24, 2.45) is 23.6 Å². The number of nitrogens with zero attached hydrogens (tertiary/aromatic N) is 2. The smallest absolute Gasteiger partial charge is 0.239 e. The summed E-state index contributed by atoms with van der Waals surface area (Å²) in [5.41, 5.74) is 2.46. The molecule has 4 N–H and O–H groups in total. The maximum atomic E-state index is 5.28. The van der Waals surface area contributed by atoms with Gasteiger partial charge in [-0.05, 0) is 43.1 Å². The predicted octanol–water partition coefficient (Wildman–Crippen LogP) is 1.61. The second-order valence-electron chi connectivity index (χ2n) is 5.23. The van der Waals surface area contributed by atoms with Gasteiger partial charge in [0, 0.05) is 12.7 Å². The average Bonchev–Trinajstić information content (AvgIpc) is 2.99. The van der Waals surface area contributed by atoms with E-state index in [-0.39, 0.29) is 0 Å². The number of fused-ring (bicyclic) bond motifs is 2. The topological polar surface area (TPSA) is 75.9 Å². The molecule has 5 nitrogen and oxygen atoms in total. The Kier molecular flexibility index (Phi) is 2.84. The zero-order valence-electron chi connectivity index (χ0n) is 9.89. The molecule has 0 aromatic carbocycles. The minimum Gasteiger partial charge on any atom is -0.370 e. The molecule has 0 saturated heterocycles. The van der Waals surface area contributed by atoms with Gasteiger partial charge < -0.3 is 5.32 Å². The Balaban J connectivity index is 1.56. The maximum Gasteiger partial charge on any atom is 0.239 e. The van der Waals surface area contributed by atoms with Gasteiger partial charge in [-0.1, -0.05) is 6.42 Å². The van der Waals surface area contributed by atoms with Crippen LogP contribution in [0.25, 0.3) is 0 Å². The molecule has 1 aromatic rings. The highest BCUT2D eigenvalue weighted by Crippen LogP contribution is 2.48. The number of hydrogen-bond acceptors (Lipinski definition) is 5. The van der Waals surface area contributed by atoms with E-state index in [0.717, 1.165) is 30.1 Å². The van der Waals surface area contributed by atoms with Crippen molar-refractivity contribution in [3.05, 3.63) is 12.3 Å². The molecule has 2 aliphatic carbocycles. The van der Waals surface area contributed by atoms with Gasteiger partial charge >= 0.3 is 0 Å². The molecule has 92 valence electrons. The van der Waals surface area contributed by atoms with Crippen LogP contribution in [0.5, 0.6) is 0 Å². The van der Waals surface area contributed by atoms with Crippen LogP contribution in [0.15, 0.2) is 12.3 Å². The van der Waals surface area contributed by atoms with E-state index in [1.807, 2.05) is 6.07 Å². The monoisotopic (exact) mass is 233 g/mol. The van der Waals surface area contributed by atoms with Crippen LogP contribution < -0.4 is 16.6 Å². The van der Waals surface area contributed by atoms with E-state index in [0.29, 0.717) is 5.95 Å². The van der Waals surface area contributed by atoms with Crippen molar-refractivity contribution in [3.63, 3.8) is 0 Å². The van der Waals surface area contributed by atoms with Gasteiger partial charge in [-0.2, -0.15) is 4.98 Å². The highest BCUT2D eigenvalue weighted by atomic mass is 15.3. The molecule has 17 heavy (non-hydrogen) atoms. The lowest BCUT2D eigenvalue weighted by Gasteiger charge is -2.22. The summed E-state index contributed by atoms with van der Waals surface area (Å²) in [5.74, 6) is 9.38. The Morgan fingerprint density at radius 1 is 1.35 bits per heavy atom. The fourth-order valence-electron chi connectivity index (χ4n) is 3.39. The minimum atomic E-state index is 0.461. The summed E-state index contributed by atoms with van der Waals surface area (Å²) in [6, 6.07) is 1.88. The second-order valence-corrected chi connectivity index (χ2v) is 5.23. The Bertz CT molecular complexity index is 394. The molecular formula is C12H19N5. The van der Waals surface area contributed by atoms with E-state index >= 15 is 0 Å². The maximum absolute atomic E-state index is 5.28. The molecule has 2 saturated carbocycles. The Morgan fingerprint density at radius 2 is 2.29 bits per heavy atom. The fourth-order valence-corrected chi connectivity index (χ4v) is 3.39. The van der Waals surface area contributed by atoms with Gasteiger partial charge in [0.1, 0.15) is 5.82 Å². The van der Waals surface area contributed by atoms with Gasteiger partial charge in [-0.25, -0.2) is 10.8 Å².